The van der Waals surface area contributed by atoms with E-state index in [1.807, 2.05) is 12.4 Å². The minimum absolute atomic E-state index is 0.772. The molecule has 2 heterocycles. The molecular formula is C18H20N2O. The van der Waals surface area contributed by atoms with Gasteiger partial charge in [-0.3, -0.25) is 4.98 Å². The molecule has 2 aromatic heterocycles. The van der Waals surface area contributed by atoms with Gasteiger partial charge in [0.2, 0.25) is 0 Å². The molecule has 3 rings (SSSR count). The van der Waals surface area contributed by atoms with E-state index in [-0.39, 0.29) is 0 Å². The lowest BCUT2D eigenvalue weighted by Crippen LogP contribution is -2.00. The summed E-state index contributed by atoms with van der Waals surface area (Å²) < 4.78 is 7.98. The number of rotatable bonds is 6. The van der Waals surface area contributed by atoms with Crippen molar-refractivity contribution in [1.29, 1.82) is 0 Å². The highest BCUT2D eigenvalue weighted by Gasteiger charge is 2.03. The van der Waals surface area contributed by atoms with Crippen LogP contribution in [0.3, 0.4) is 0 Å². The van der Waals surface area contributed by atoms with Gasteiger partial charge in [0.1, 0.15) is 5.75 Å². The molecule has 0 aliphatic heterocycles. The molecule has 3 heteroatoms. The van der Waals surface area contributed by atoms with Crippen LogP contribution in [0.25, 0.3) is 10.9 Å². The van der Waals surface area contributed by atoms with Crippen LogP contribution >= 0.6 is 0 Å². The Morgan fingerprint density at radius 3 is 2.76 bits per heavy atom. The lowest BCUT2D eigenvalue weighted by molar-refractivity contribution is 0.318. The number of fused-ring (bicyclic) bond motifs is 1. The lowest BCUT2D eigenvalue weighted by Gasteiger charge is -2.07. The van der Waals surface area contributed by atoms with Crippen LogP contribution in [0.4, 0.5) is 0 Å². The number of benzene rings is 1. The standard InChI is InChI=1S/C18H20N2O/c1-2-13-21-17-3-4-18-16(14-17)8-12-20(18)11-7-15-5-9-19-10-6-15/h3-6,8-10,12,14H,2,7,11,13H2,1H3. The van der Waals surface area contributed by atoms with E-state index < -0.39 is 0 Å². The molecule has 3 nitrogen and oxygen atoms in total. The Morgan fingerprint density at radius 2 is 1.95 bits per heavy atom. The van der Waals surface area contributed by atoms with Crippen molar-refractivity contribution in [1.82, 2.24) is 9.55 Å². The van der Waals surface area contributed by atoms with E-state index in [1.165, 1.54) is 16.5 Å². The molecule has 0 spiro atoms. The molecule has 0 fully saturated rings. The smallest absolute Gasteiger partial charge is 0.120 e. The molecule has 0 saturated carbocycles. The molecular weight excluding hydrogens is 260 g/mol. The van der Waals surface area contributed by atoms with Crippen molar-refractivity contribution in [2.45, 2.75) is 26.3 Å². The summed E-state index contributed by atoms with van der Waals surface area (Å²) in [5.74, 6) is 0.955. The third-order valence-electron chi connectivity index (χ3n) is 3.61. The van der Waals surface area contributed by atoms with Gasteiger partial charge in [-0.2, -0.15) is 0 Å². The Kier molecular flexibility index (Phi) is 4.20. The predicted octanol–water partition coefficient (Wildman–Crippen LogP) is 4.07. The summed E-state index contributed by atoms with van der Waals surface area (Å²) in [6.45, 7) is 3.87. The van der Waals surface area contributed by atoms with Crippen molar-refractivity contribution in [3.8, 4) is 5.75 Å². The molecule has 0 atom stereocenters. The van der Waals surface area contributed by atoms with Gasteiger partial charge in [0.15, 0.2) is 0 Å². The largest absolute Gasteiger partial charge is 0.494 e. The van der Waals surface area contributed by atoms with Crippen molar-refractivity contribution < 1.29 is 4.74 Å². The predicted molar refractivity (Wildman–Crippen MR) is 85.7 cm³/mol. The van der Waals surface area contributed by atoms with Crippen LogP contribution in [-0.4, -0.2) is 16.2 Å². The van der Waals surface area contributed by atoms with Gasteiger partial charge in [0.25, 0.3) is 0 Å². The van der Waals surface area contributed by atoms with Gasteiger partial charge in [0.05, 0.1) is 6.61 Å². The summed E-state index contributed by atoms with van der Waals surface area (Å²) in [5, 5.41) is 1.23. The maximum Gasteiger partial charge on any atom is 0.120 e. The number of pyridine rings is 1. The molecule has 0 aliphatic carbocycles. The molecule has 0 amide bonds. The van der Waals surface area contributed by atoms with Crippen LogP contribution < -0.4 is 4.74 Å². The van der Waals surface area contributed by atoms with Gasteiger partial charge >= 0.3 is 0 Å². The molecule has 0 aliphatic rings. The van der Waals surface area contributed by atoms with Crippen LogP contribution in [0, 0.1) is 0 Å². The molecule has 1 aromatic carbocycles. The lowest BCUT2D eigenvalue weighted by atomic mass is 10.2. The minimum Gasteiger partial charge on any atom is -0.494 e. The van der Waals surface area contributed by atoms with Gasteiger partial charge in [-0.05, 0) is 54.8 Å². The van der Waals surface area contributed by atoms with Crippen molar-refractivity contribution in [2.75, 3.05) is 6.61 Å². The first kappa shape index (κ1) is 13.7. The van der Waals surface area contributed by atoms with Gasteiger partial charge in [0, 0.05) is 36.0 Å². The van der Waals surface area contributed by atoms with E-state index in [1.54, 1.807) is 0 Å². The highest BCUT2D eigenvalue weighted by Crippen LogP contribution is 2.22. The van der Waals surface area contributed by atoms with Crippen molar-refractivity contribution in [3.05, 3.63) is 60.6 Å². The maximum absolute atomic E-state index is 5.69. The molecule has 108 valence electrons. The molecule has 0 bridgehead atoms. The molecule has 0 radical (unpaired) electrons. The second kappa shape index (κ2) is 6.44. The van der Waals surface area contributed by atoms with Gasteiger partial charge in [-0.15, -0.1) is 0 Å². The summed E-state index contributed by atoms with van der Waals surface area (Å²) >= 11 is 0. The topological polar surface area (TPSA) is 27.1 Å². The fourth-order valence-electron chi connectivity index (χ4n) is 2.48. The number of aryl methyl sites for hydroxylation is 2. The quantitative estimate of drug-likeness (QED) is 0.680. The third-order valence-corrected chi connectivity index (χ3v) is 3.61. The number of aromatic nitrogens is 2. The van der Waals surface area contributed by atoms with E-state index in [2.05, 4.69) is 59.1 Å². The van der Waals surface area contributed by atoms with E-state index >= 15 is 0 Å². The molecule has 0 unspecified atom stereocenters. The van der Waals surface area contributed by atoms with Gasteiger partial charge in [-0.25, -0.2) is 0 Å². The van der Waals surface area contributed by atoms with E-state index in [0.29, 0.717) is 0 Å². The number of hydrogen-bond donors (Lipinski definition) is 0. The minimum atomic E-state index is 0.772. The molecule has 0 saturated heterocycles. The monoisotopic (exact) mass is 280 g/mol. The van der Waals surface area contributed by atoms with Gasteiger partial charge < -0.3 is 9.30 Å². The number of ether oxygens (including phenoxy) is 1. The van der Waals surface area contributed by atoms with E-state index in [9.17, 15) is 0 Å². The van der Waals surface area contributed by atoms with E-state index in [0.717, 1.165) is 31.7 Å². The fourth-order valence-corrected chi connectivity index (χ4v) is 2.48. The zero-order valence-electron chi connectivity index (χ0n) is 12.3. The van der Waals surface area contributed by atoms with Gasteiger partial charge in [-0.1, -0.05) is 6.92 Å². The summed E-state index contributed by atoms with van der Waals surface area (Å²) in [4.78, 5) is 4.05. The number of nitrogens with zero attached hydrogens (tertiary/aromatic N) is 2. The number of hydrogen-bond acceptors (Lipinski definition) is 2. The zero-order chi connectivity index (χ0) is 14.5. The second-order valence-corrected chi connectivity index (χ2v) is 5.18. The SMILES string of the molecule is CCCOc1ccc2c(ccn2CCc2ccncc2)c1. The Bertz CT molecular complexity index is 704. The third kappa shape index (κ3) is 3.24. The molecule has 21 heavy (non-hydrogen) atoms. The fraction of sp³-hybridized carbons (Fsp3) is 0.278. The average Bonchev–Trinajstić information content (AvgIpc) is 2.94. The first-order valence-corrected chi connectivity index (χ1v) is 7.47. The Hall–Kier alpha value is -2.29. The van der Waals surface area contributed by atoms with Crippen LogP contribution in [-0.2, 0) is 13.0 Å². The maximum atomic E-state index is 5.69. The summed E-state index contributed by atoms with van der Waals surface area (Å²) in [6.07, 6.45) is 7.89. The highest BCUT2D eigenvalue weighted by atomic mass is 16.5. The second-order valence-electron chi connectivity index (χ2n) is 5.18. The highest BCUT2D eigenvalue weighted by molar-refractivity contribution is 5.81. The van der Waals surface area contributed by atoms with Crippen molar-refractivity contribution in [2.24, 2.45) is 0 Å². The Balaban J connectivity index is 1.74. The van der Waals surface area contributed by atoms with Crippen LogP contribution in [0.1, 0.15) is 18.9 Å². The summed E-state index contributed by atoms with van der Waals surface area (Å²) in [5.41, 5.74) is 2.57. The molecule has 0 N–H and O–H groups in total. The summed E-state index contributed by atoms with van der Waals surface area (Å²) in [6, 6.07) is 12.6. The van der Waals surface area contributed by atoms with Crippen molar-refractivity contribution in [3.63, 3.8) is 0 Å². The van der Waals surface area contributed by atoms with Crippen LogP contribution in [0.5, 0.6) is 5.75 Å². The van der Waals surface area contributed by atoms with Crippen LogP contribution in [0.15, 0.2) is 55.0 Å². The normalized spacial score (nSPS) is 10.9. The first-order valence-electron chi connectivity index (χ1n) is 7.47. The zero-order valence-corrected chi connectivity index (χ0v) is 12.3. The Morgan fingerprint density at radius 1 is 1.10 bits per heavy atom. The van der Waals surface area contributed by atoms with Crippen LogP contribution in [0.2, 0.25) is 0 Å². The molecule has 3 aromatic rings. The average molecular weight is 280 g/mol. The summed E-state index contributed by atoms with van der Waals surface area (Å²) in [7, 11) is 0. The van der Waals surface area contributed by atoms with Crippen molar-refractivity contribution >= 4 is 10.9 Å². The Labute approximate surface area is 125 Å². The van der Waals surface area contributed by atoms with E-state index in [4.69, 9.17) is 4.74 Å². The first-order chi connectivity index (χ1) is 10.4.